The maximum Gasteiger partial charge on any atom is 0.131 e. The first kappa shape index (κ1) is 12.4. The van der Waals surface area contributed by atoms with Gasteiger partial charge in [0, 0.05) is 25.6 Å². The van der Waals surface area contributed by atoms with Crippen molar-refractivity contribution < 1.29 is 4.74 Å². The summed E-state index contributed by atoms with van der Waals surface area (Å²) >= 11 is 3.36. The van der Waals surface area contributed by atoms with Crippen LogP contribution in [0, 0.1) is 0 Å². The van der Waals surface area contributed by atoms with Crippen molar-refractivity contribution in [2.75, 3.05) is 19.0 Å². The SMILES string of the molecule is CCc1nc(Br)cc(NC(C)COC)n1. The molecule has 1 heterocycles. The first-order valence-corrected chi connectivity index (χ1v) is 5.74. The van der Waals surface area contributed by atoms with Crippen molar-refractivity contribution in [1.82, 2.24) is 9.97 Å². The second-order valence-electron chi connectivity index (χ2n) is 3.35. The van der Waals surface area contributed by atoms with Crippen molar-refractivity contribution in [3.63, 3.8) is 0 Å². The molecule has 0 saturated carbocycles. The largest absolute Gasteiger partial charge is 0.383 e. The molecule has 1 aromatic rings. The molecular formula is C10H16BrN3O. The Hall–Kier alpha value is -0.680. The van der Waals surface area contributed by atoms with Gasteiger partial charge in [-0.1, -0.05) is 6.92 Å². The molecule has 15 heavy (non-hydrogen) atoms. The van der Waals surface area contributed by atoms with Crippen LogP contribution in [-0.4, -0.2) is 29.7 Å². The fraction of sp³-hybridized carbons (Fsp3) is 0.600. The molecule has 0 spiro atoms. The molecule has 5 heteroatoms. The van der Waals surface area contributed by atoms with Gasteiger partial charge in [-0.15, -0.1) is 0 Å². The zero-order valence-corrected chi connectivity index (χ0v) is 10.8. The van der Waals surface area contributed by atoms with E-state index in [1.54, 1.807) is 7.11 Å². The number of ether oxygens (including phenoxy) is 1. The van der Waals surface area contributed by atoms with E-state index in [9.17, 15) is 0 Å². The zero-order valence-electron chi connectivity index (χ0n) is 9.25. The van der Waals surface area contributed by atoms with E-state index in [1.807, 2.05) is 19.9 Å². The van der Waals surface area contributed by atoms with Crippen molar-refractivity contribution in [3.05, 3.63) is 16.5 Å². The summed E-state index contributed by atoms with van der Waals surface area (Å²) in [5.41, 5.74) is 0. The molecule has 0 aliphatic carbocycles. The van der Waals surface area contributed by atoms with Crippen molar-refractivity contribution in [1.29, 1.82) is 0 Å². The van der Waals surface area contributed by atoms with Crippen LogP contribution >= 0.6 is 15.9 Å². The summed E-state index contributed by atoms with van der Waals surface area (Å²) < 4.78 is 5.85. The standard InChI is InChI=1S/C10H16BrN3O/c1-4-9-13-8(11)5-10(14-9)12-7(2)6-15-3/h5,7H,4,6H2,1-3H3,(H,12,13,14). The lowest BCUT2D eigenvalue weighted by molar-refractivity contribution is 0.190. The summed E-state index contributed by atoms with van der Waals surface area (Å²) in [5.74, 6) is 1.66. The van der Waals surface area contributed by atoms with Crippen molar-refractivity contribution in [3.8, 4) is 0 Å². The van der Waals surface area contributed by atoms with Crippen molar-refractivity contribution in [2.45, 2.75) is 26.3 Å². The molecule has 1 rings (SSSR count). The number of anilines is 1. The molecular weight excluding hydrogens is 258 g/mol. The van der Waals surface area contributed by atoms with Gasteiger partial charge in [-0.3, -0.25) is 0 Å². The Balaban J connectivity index is 2.71. The van der Waals surface area contributed by atoms with E-state index in [4.69, 9.17) is 4.74 Å². The Bertz CT molecular complexity index is 320. The third-order valence-electron chi connectivity index (χ3n) is 1.87. The van der Waals surface area contributed by atoms with Gasteiger partial charge in [-0.2, -0.15) is 0 Å². The molecule has 84 valence electrons. The van der Waals surface area contributed by atoms with E-state index in [1.165, 1.54) is 0 Å². The molecule has 1 unspecified atom stereocenters. The lowest BCUT2D eigenvalue weighted by Crippen LogP contribution is -2.21. The topological polar surface area (TPSA) is 47.0 Å². The summed E-state index contributed by atoms with van der Waals surface area (Å²) in [5, 5.41) is 3.25. The second-order valence-corrected chi connectivity index (χ2v) is 4.16. The summed E-state index contributed by atoms with van der Waals surface area (Å²) in [7, 11) is 1.69. The first-order valence-electron chi connectivity index (χ1n) is 4.94. The molecule has 0 bridgehead atoms. The van der Waals surface area contributed by atoms with Crippen molar-refractivity contribution >= 4 is 21.7 Å². The minimum atomic E-state index is 0.238. The number of nitrogens with zero attached hydrogens (tertiary/aromatic N) is 2. The number of halogens is 1. The predicted molar refractivity (Wildman–Crippen MR) is 64.1 cm³/mol. The molecule has 0 aliphatic rings. The third kappa shape index (κ3) is 4.13. The summed E-state index contributed by atoms with van der Waals surface area (Å²) in [6, 6.07) is 2.10. The van der Waals surface area contributed by atoms with E-state index in [-0.39, 0.29) is 6.04 Å². The Morgan fingerprint density at radius 1 is 1.53 bits per heavy atom. The molecule has 0 aliphatic heterocycles. The van der Waals surface area contributed by atoms with Gasteiger partial charge in [0.15, 0.2) is 0 Å². The van der Waals surface area contributed by atoms with Crippen LogP contribution in [-0.2, 0) is 11.2 Å². The highest BCUT2D eigenvalue weighted by atomic mass is 79.9. The number of aryl methyl sites for hydroxylation is 1. The van der Waals surface area contributed by atoms with Crippen LogP contribution in [0.1, 0.15) is 19.7 Å². The number of rotatable bonds is 5. The van der Waals surface area contributed by atoms with Gasteiger partial charge in [0.2, 0.25) is 0 Å². The van der Waals surface area contributed by atoms with Crippen LogP contribution in [0.2, 0.25) is 0 Å². The Kier molecular flexibility index (Phi) is 4.98. The highest BCUT2D eigenvalue weighted by Crippen LogP contribution is 2.13. The van der Waals surface area contributed by atoms with Gasteiger partial charge in [-0.25, -0.2) is 9.97 Å². The highest BCUT2D eigenvalue weighted by molar-refractivity contribution is 9.10. The van der Waals surface area contributed by atoms with Crippen LogP contribution < -0.4 is 5.32 Å². The van der Waals surface area contributed by atoms with Crippen LogP contribution in [0.25, 0.3) is 0 Å². The fourth-order valence-corrected chi connectivity index (χ4v) is 1.66. The van der Waals surface area contributed by atoms with E-state index in [0.29, 0.717) is 6.61 Å². The van der Waals surface area contributed by atoms with Crippen LogP contribution in [0.15, 0.2) is 10.7 Å². The van der Waals surface area contributed by atoms with Crippen LogP contribution in [0.4, 0.5) is 5.82 Å². The first-order chi connectivity index (χ1) is 7.15. The minimum Gasteiger partial charge on any atom is -0.383 e. The molecule has 0 radical (unpaired) electrons. The smallest absolute Gasteiger partial charge is 0.131 e. The van der Waals surface area contributed by atoms with E-state index < -0.39 is 0 Å². The molecule has 0 amide bonds. The Morgan fingerprint density at radius 3 is 2.87 bits per heavy atom. The summed E-state index contributed by atoms with van der Waals surface area (Å²) in [6.45, 7) is 4.73. The molecule has 0 aromatic carbocycles. The summed E-state index contributed by atoms with van der Waals surface area (Å²) in [4.78, 5) is 8.61. The van der Waals surface area contributed by atoms with E-state index in [2.05, 4.69) is 31.2 Å². The number of hydrogen-bond donors (Lipinski definition) is 1. The molecule has 0 fully saturated rings. The van der Waals surface area contributed by atoms with Crippen LogP contribution in [0.3, 0.4) is 0 Å². The normalized spacial score (nSPS) is 12.5. The minimum absolute atomic E-state index is 0.238. The number of hydrogen-bond acceptors (Lipinski definition) is 4. The van der Waals surface area contributed by atoms with E-state index >= 15 is 0 Å². The average Bonchev–Trinajstić information content (AvgIpc) is 2.17. The number of nitrogens with one attached hydrogen (secondary N) is 1. The fourth-order valence-electron chi connectivity index (χ4n) is 1.24. The summed E-state index contributed by atoms with van der Waals surface area (Å²) in [6.07, 6.45) is 0.826. The molecule has 1 atom stereocenters. The second kappa shape index (κ2) is 6.02. The molecule has 1 N–H and O–H groups in total. The Labute approximate surface area is 98.6 Å². The third-order valence-corrected chi connectivity index (χ3v) is 2.27. The van der Waals surface area contributed by atoms with Gasteiger partial charge in [-0.05, 0) is 22.9 Å². The zero-order chi connectivity index (χ0) is 11.3. The van der Waals surface area contributed by atoms with E-state index in [0.717, 1.165) is 22.7 Å². The monoisotopic (exact) mass is 273 g/mol. The Morgan fingerprint density at radius 2 is 2.27 bits per heavy atom. The lowest BCUT2D eigenvalue weighted by atomic mass is 10.3. The van der Waals surface area contributed by atoms with Gasteiger partial charge in [0.05, 0.1) is 6.61 Å². The van der Waals surface area contributed by atoms with Gasteiger partial charge < -0.3 is 10.1 Å². The van der Waals surface area contributed by atoms with Gasteiger partial charge >= 0.3 is 0 Å². The molecule has 1 aromatic heterocycles. The highest BCUT2D eigenvalue weighted by Gasteiger charge is 2.05. The maximum absolute atomic E-state index is 5.05. The van der Waals surface area contributed by atoms with Gasteiger partial charge in [0.1, 0.15) is 16.2 Å². The lowest BCUT2D eigenvalue weighted by Gasteiger charge is -2.13. The molecule has 0 saturated heterocycles. The van der Waals surface area contributed by atoms with Crippen molar-refractivity contribution in [2.24, 2.45) is 0 Å². The predicted octanol–water partition coefficient (Wildman–Crippen LogP) is 2.25. The molecule has 4 nitrogen and oxygen atoms in total. The quantitative estimate of drug-likeness (QED) is 0.836. The average molecular weight is 274 g/mol. The van der Waals surface area contributed by atoms with Crippen LogP contribution in [0.5, 0.6) is 0 Å². The number of aromatic nitrogens is 2. The number of methoxy groups -OCH3 is 1. The van der Waals surface area contributed by atoms with Gasteiger partial charge in [0.25, 0.3) is 0 Å². The maximum atomic E-state index is 5.05.